The van der Waals surface area contributed by atoms with Crippen LogP contribution in [0.3, 0.4) is 0 Å². The molecule has 0 aliphatic heterocycles. The van der Waals surface area contributed by atoms with Crippen molar-refractivity contribution in [3.63, 3.8) is 0 Å². The molecule has 0 aliphatic carbocycles. The van der Waals surface area contributed by atoms with Crippen molar-refractivity contribution in [2.45, 2.75) is 13.3 Å². The summed E-state index contributed by atoms with van der Waals surface area (Å²) in [6.07, 6.45) is 1.86. The van der Waals surface area contributed by atoms with Crippen LogP contribution in [0.1, 0.15) is 13.3 Å². The van der Waals surface area contributed by atoms with Gasteiger partial charge in [0.25, 0.3) is 0 Å². The van der Waals surface area contributed by atoms with Crippen molar-refractivity contribution < 1.29 is 13.2 Å². The van der Waals surface area contributed by atoms with Gasteiger partial charge in [0.15, 0.2) is 7.31 Å². The summed E-state index contributed by atoms with van der Waals surface area (Å²) < 4.78 is 28.5. The molecule has 0 aromatic rings. The first-order valence-corrected chi connectivity index (χ1v) is 6.02. The summed E-state index contributed by atoms with van der Waals surface area (Å²) in [5.74, 6) is 0.599. The normalized spacial score (nSPS) is 11.3. The third kappa shape index (κ3) is 5.00. The van der Waals surface area contributed by atoms with Crippen molar-refractivity contribution in [1.29, 1.82) is 0 Å². The topological polar surface area (TPSA) is 46.6 Å². The van der Waals surface area contributed by atoms with Crippen LogP contribution in [0.2, 0.25) is 0 Å². The largest absolute Gasteiger partial charge is 0.483 e. The van der Waals surface area contributed by atoms with Crippen LogP contribution in [0.4, 0.5) is 0 Å². The van der Waals surface area contributed by atoms with Gasteiger partial charge >= 0.3 is 0 Å². The molecule has 0 aliphatic rings. The minimum atomic E-state index is -3.15. The average molecular weight is 203 g/mol. The number of rotatable bonds is 6. The monoisotopic (exact) mass is 203 g/mol. The molecule has 0 heterocycles. The molecule has 0 aromatic carbocycles. The van der Waals surface area contributed by atoms with E-state index in [2.05, 4.69) is 6.58 Å². The maximum atomic E-state index is 11.1. The zero-order chi connectivity index (χ0) is 10.5. The Labute approximate surface area is 81.7 Å². The van der Waals surface area contributed by atoms with Crippen molar-refractivity contribution >= 4 is 25.1 Å². The first kappa shape index (κ1) is 12.6. The van der Waals surface area contributed by atoms with E-state index >= 15 is 0 Å². The maximum absolute atomic E-state index is 11.1. The van der Waals surface area contributed by atoms with Crippen molar-refractivity contribution in [3.8, 4) is 0 Å². The molecule has 7 heteroatoms. The summed E-state index contributed by atoms with van der Waals surface area (Å²) in [6.45, 7) is 5.58. The van der Waals surface area contributed by atoms with Crippen LogP contribution in [-0.4, -0.2) is 40.7 Å². The van der Waals surface area contributed by atoms with Gasteiger partial charge in [0, 0.05) is 6.42 Å². The van der Waals surface area contributed by atoms with E-state index in [-0.39, 0.29) is 6.73 Å². The molecular formula is C6H15B2NO3S. The molecule has 0 spiro atoms. The predicted molar refractivity (Wildman–Crippen MR) is 57.8 cm³/mol. The van der Waals surface area contributed by atoms with Crippen molar-refractivity contribution in [3.05, 3.63) is 12.3 Å². The van der Waals surface area contributed by atoms with Crippen LogP contribution < -0.4 is 0 Å². The van der Waals surface area contributed by atoms with Crippen LogP contribution in [0.25, 0.3) is 0 Å². The first-order chi connectivity index (χ1) is 5.91. The van der Waals surface area contributed by atoms with E-state index in [1.165, 1.54) is 4.22 Å². The first-order valence-electron chi connectivity index (χ1n) is 4.17. The van der Waals surface area contributed by atoms with Crippen LogP contribution in [0, 0.1) is 0 Å². The Kier molecular flexibility index (Phi) is 5.17. The Morgan fingerprint density at radius 2 is 2.23 bits per heavy atom. The van der Waals surface area contributed by atoms with Crippen LogP contribution in [0.5, 0.6) is 0 Å². The standard InChI is InChI=1S/C6H15B2NO3S/c1-4-6(2)12-5-9(8-7)13(3,10)11/h8H,2,4-5,7H2,1,3H3. The highest BCUT2D eigenvalue weighted by Gasteiger charge is 2.14. The molecule has 0 unspecified atom stereocenters. The van der Waals surface area contributed by atoms with E-state index in [1.54, 1.807) is 7.74 Å². The van der Waals surface area contributed by atoms with Gasteiger partial charge in [-0.2, -0.15) is 0 Å². The minimum absolute atomic E-state index is 0.0575. The summed E-state index contributed by atoms with van der Waals surface area (Å²) in [6, 6.07) is 0. The lowest BCUT2D eigenvalue weighted by Crippen LogP contribution is -2.35. The van der Waals surface area contributed by atoms with Gasteiger partial charge in [0.2, 0.25) is 10.0 Å². The van der Waals surface area contributed by atoms with Crippen LogP contribution >= 0.6 is 0 Å². The van der Waals surface area contributed by atoms with E-state index in [4.69, 9.17) is 4.74 Å². The summed E-state index contributed by atoms with van der Waals surface area (Å²) >= 11 is 0. The van der Waals surface area contributed by atoms with Gasteiger partial charge in [-0.15, -0.1) is 0 Å². The lowest BCUT2D eigenvalue weighted by Gasteiger charge is -2.18. The molecule has 0 aromatic heterocycles. The smallest absolute Gasteiger partial charge is 0.202 e. The molecule has 0 fully saturated rings. The third-order valence-electron chi connectivity index (χ3n) is 1.63. The van der Waals surface area contributed by atoms with Crippen LogP contribution in [0.15, 0.2) is 12.3 Å². The Morgan fingerprint density at radius 1 is 1.69 bits per heavy atom. The Morgan fingerprint density at radius 3 is 2.54 bits per heavy atom. The van der Waals surface area contributed by atoms with Gasteiger partial charge in [-0.1, -0.05) is 13.5 Å². The number of allylic oxidation sites excluding steroid dienone is 1. The quantitative estimate of drug-likeness (QED) is 0.317. The summed E-state index contributed by atoms with van der Waals surface area (Å²) in [7, 11) is -0.976. The second-order valence-corrected chi connectivity index (χ2v) is 4.68. The van der Waals surface area contributed by atoms with Gasteiger partial charge in [-0.3, -0.25) is 0 Å². The Bertz CT molecular complexity index is 265. The predicted octanol–water partition coefficient (Wildman–Crippen LogP) is -0.955. The van der Waals surface area contributed by atoms with Crippen LogP contribution in [-0.2, 0) is 14.8 Å². The van der Waals surface area contributed by atoms with E-state index in [0.29, 0.717) is 19.5 Å². The van der Waals surface area contributed by atoms with E-state index in [0.717, 1.165) is 6.26 Å². The van der Waals surface area contributed by atoms with Gasteiger partial charge in [0.1, 0.15) is 6.73 Å². The average Bonchev–Trinajstić information content (AvgIpc) is 2.02. The molecule has 0 amide bonds. The number of sulfonamides is 1. The highest BCUT2D eigenvalue weighted by atomic mass is 32.2. The number of hydrogen-bond acceptors (Lipinski definition) is 3. The second kappa shape index (κ2) is 5.34. The SMILES string of the molecule is BBN(COC(=C)CC)S(C)(=O)=O. The van der Waals surface area contributed by atoms with Gasteiger partial charge in [-0.05, 0) is 0 Å². The zero-order valence-electron chi connectivity index (χ0n) is 8.41. The zero-order valence-corrected chi connectivity index (χ0v) is 9.23. The van der Waals surface area contributed by atoms with Crippen molar-refractivity contribution in [1.82, 2.24) is 4.22 Å². The third-order valence-corrected chi connectivity index (χ3v) is 2.93. The molecule has 0 radical (unpaired) electrons. The van der Waals surface area contributed by atoms with Crippen molar-refractivity contribution in [2.75, 3.05) is 13.0 Å². The second-order valence-electron chi connectivity index (χ2n) is 2.70. The number of ether oxygens (including phenoxy) is 1. The molecule has 0 saturated carbocycles. The highest BCUT2D eigenvalue weighted by molar-refractivity contribution is 7.89. The molecule has 4 nitrogen and oxygen atoms in total. The van der Waals surface area contributed by atoms with Gasteiger partial charge in [-0.25, -0.2) is 12.6 Å². The molecule has 13 heavy (non-hydrogen) atoms. The van der Waals surface area contributed by atoms with Gasteiger partial charge < -0.3 is 4.74 Å². The number of hydrogen-bond donors (Lipinski definition) is 0. The maximum Gasteiger partial charge on any atom is 0.202 e. The van der Waals surface area contributed by atoms with Crippen molar-refractivity contribution in [2.24, 2.45) is 0 Å². The molecule has 0 N–H and O–H groups in total. The Balaban J connectivity index is 4.09. The molecule has 74 valence electrons. The molecule has 0 rings (SSSR count). The molecule has 0 bridgehead atoms. The fourth-order valence-corrected chi connectivity index (χ4v) is 1.40. The van der Waals surface area contributed by atoms with Gasteiger partial charge in [0.05, 0.1) is 19.8 Å². The minimum Gasteiger partial charge on any atom is -0.483 e. The van der Waals surface area contributed by atoms with E-state index in [1.807, 2.05) is 6.92 Å². The fourth-order valence-electron chi connectivity index (χ4n) is 0.687. The Hall–Kier alpha value is -0.420. The summed E-state index contributed by atoms with van der Waals surface area (Å²) in [4.78, 5) is 0. The summed E-state index contributed by atoms with van der Waals surface area (Å²) in [5.41, 5.74) is 0. The lowest BCUT2D eigenvalue weighted by molar-refractivity contribution is 0.163. The molecular weight excluding hydrogens is 188 g/mol. The lowest BCUT2D eigenvalue weighted by atomic mass is 9.67. The highest BCUT2D eigenvalue weighted by Crippen LogP contribution is 2.02. The molecule has 0 atom stereocenters. The summed E-state index contributed by atoms with van der Waals surface area (Å²) in [5, 5.41) is 0. The number of nitrogens with zero attached hydrogens (tertiary/aromatic N) is 1. The fraction of sp³-hybridized carbons (Fsp3) is 0.667. The van der Waals surface area contributed by atoms with E-state index < -0.39 is 10.0 Å². The van der Waals surface area contributed by atoms with E-state index in [9.17, 15) is 8.42 Å². The molecule has 0 saturated heterocycles.